The molecule has 0 radical (unpaired) electrons. The highest BCUT2D eigenvalue weighted by molar-refractivity contribution is 5.46. The summed E-state index contributed by atoms with van der Waals surface area (Å²) < 4.78 is 11.2. The van der Waals surface area contributed by atoms with E-state index in [0.29, 0.717) is 6.54 Å². The molecule has 3 rings (SSSR count). The number of aryl methyl sites for hydroxylation is 2. The SMILES string of the molecule is Cc1nc(CN(CCN2CCOCC2)c2ccccc2)oc1C. The number of hydrogen-bond donors (Lipinski definition) is 0. The molecule has 1 aliphatic heterocycles. The Bertz CT molecular complexity index is 586. The zero-order valence-electron chi connectivity index (χ0n) is 14.0. The van der Waals surface area contributed by atoms with E-state index in [1.807, 2.05) is 19.9 Å². The molecule has 2 heterocycles. The number of oxazole rings is 1. The fraction of sp³-hybridized carbons (Fsp3) is 0.500. The van der Waals surface area contributed by atoms with Crippen molar-refractivity contribution >= 4 is 5.69 Å². The van der Waals surface area contributed by atoms with Gasteiger partial charge >= 0.3 is 0 Å². The Kier molecular flexibility index (Phi) is 5.31. The Hall–Kier alpha value is -1.85. The van der Waals surface area contributed by atoms with Gasteiger partial charge in [-0.15, -0.1) is 0 Å². The maximum Gasteiger partial charge on any atom is 0.214 e. The van der Waals surface area contributed by atoms with E-state index >= 15 is 0 Å². The van der Waals surface area contributed by atoms with Gasteiger partial charge in [0.05, 0.1) is 25.5 Å². The van der Waals surface area contributed by atoms with Crippen LogP contribution in [-0.4, -0.2) is 49.3 Å². The van der Waals surface area contributed by atoms with Gasteiger partial charge in [-0.1, -0.05) is 18.2 Å². The smallest absolute Gasteiger partial charge is 0.214 e. The van der Waals surface area contributed by atoms with E-state index in [-0.39, 0.29) is 0 Å². The fourth-order valence-corrected chi connectivity index (χ4v) is 2.80. The number of nitrogens with zero attached hydrogens (tertiary/aromatic N) is 3. The quantitative estimate of drug-likeness (QED) is 0.820. The van der Waals surface area contributed by atoms with Crippen molar-refractivity contribution < 1.29 is 9.15 Å². The average Bonchev–Trinajstić information content (AvgIpc) is 2.91. The molecule has 0 N–H and O–H groups in total. The Balaban J connectivity index is 1.68. The molecule has 0 unspecified atom stereocenters. The predicted molar refractivity (Wildman–Crippen MR) is 90.7 cm³/mol. The van der Waals surface area contributed by atoms with Gasteiger partial charge in [-0.2, -0.15) is 0 Å². The molecule has 1 fully saturated rings. The lowest BCUT2D eigenvalue weighted by Crippen LogP contribution is -2.41. The van der Waals surface area contributed by atoms with Gasteiger partial charge in [-0.25, -0.2) is 4.98 Å². The third-order valence-electron chi connectivity index (χ3n) is 4.31. The zero-order valence-corrected chi connectivity index (χ0v) is 14.0. The first kappa shape index (κ1) is 16.0. The first-order valence-electron chi connectivity index (χ1n) is 8.25. The van der Waals surface area contributed by atoms with E-state index < -0.39 is 0 Å². The summed E-state index contributed by atoms with van der Waals surface area (Å²) in [7, 11) is 0. The van der Waals surface area contributed by atoms with Crippen LogP contribution in [0.1, 0.15) is 17.3 Å². The van der Waals surface area contributed by atoms with Gasteiger partial charge in [0.25, 0.3) is 0 Å². The maximum atomic E-state index is 5.77. The normalized spacial score (nSPS) is 15.7. The van der Waals surface area contributed by atoms with E-state index in [4.69, 9.17) is 9.15 Å². The van der Waals surface area contributed by atoms with Crippen LogP contribution in [-0.2, 0) is 11.3 Å². The third-order valence-corrected chi connectivity index (χ3v) is 4.31. The predicted octanol–water partition coefficient (Wildman–Crippen LogP) is 2.63. The number of rotatable bonds is 6. The summed E-state index contributed by atoms with van der Waals surface area (Å²) in [6.45, 7) is 10.3. The molecule has 5 nitrogen and oxygen atoms in total. The van der Waals surface area contributed by atoms with E-state index in [1.54, 1.807) is 0 Å². The molecule has 23 heavy (non-hydrogen) atoms. The van der Waals surface area contributed by atoms with Gasteiger partial charge in [-0.05, 0) is 26.0 Å². The van der Waals surface area contributed by atoms with Crippen LogP contribution in [0.2, 0.25) is 0 Å². The highest BCUT2D eigenvalue weighted by atomic mass is 16.5. The van der Waals surface area contributed by atoms with Crippen molar-refractivity contribution in [2.75, 3.05) is 44.3 Å². The lowest BCUT2D eigenvalue weighted by atomic mass is 10.2. The van der Waals surface area contributed by atoms with E-state index in [2.05, 4.69) is 39.0 Å². The second-order valence-electron chi connectivity index (χ2n) is 5.96. The molecule has 124 valence electrons. The van der Waals surface area contributed by atoms with Crippen LogP contribution in [0.4, 0.5) is 5.69 Å². The average molecular weight is 315 g/mol. The molecule has 0 aliphatic carbocycles. The van der Waals surface area contributed by atoms with Crippen LogP contribution < -0.4 is 4.90 Å². The summed E-state index contributed by atoms with van der Waals surface area (Å²) >= 11 is 0. The topological polar surface area (TPSA) is 41.7 Å². The van der Waals surface area contributed by atoms with E-state index in [1.165, 1.54) is 5.69 Å². The zero-order chi connectivity index (χ0) is 16.1. The first-order valence-corrected chi connectivity index (χ1v) is 8.25. The summed E-state index contributed by atoms with van der Waals surface area (Å²) in [5.74, 6) is 1.69. The molecular weight excluding hydrogens is 290 g/mol. The van der Waals surface area contributed by atoms with Crippen LogP contribution >= 0.6 is 0 Å². The Labute approximate surface area is 137 Å². The lowest BCUT2D eigenvalue weighted by molar-refractivity contribution is 0.0391. The molecule has 0 amide bonds. The minimum atomic E-state index is 0.697. The molecule has 1 aromatic carbocycles. The third kappa shape index (κ3) is 4.33. The largest absolute Gasteiger partial charge is 0.444 e. The number of hydrogen-bond acceptors (Lipinski definition) is 5. The summed E-state index contributed by atoms with van der Waals surface area (Å²) in [6.07, 6.45) is 0. The van der Waals surface area contributed by atoms with Gasteiger partial charge in [-0.3, -0.25) is 4.90 Å². The van der Waals surface area contributed by atoms with E-state index in [0.717, 1.165) is 56.7 Å². The van der Waals surface area contributed by atoms with Crippen molar-refractivity contribution in [1.29, 1.82) is 0 Å². The minimum Gasteiger partial charge on any atom is -0.444 e. The number of benzene rings is 1. The Morgan fingerprint density at radius 1 is 1.13 bits per heavy atom. The number of aromatic nitrogens is 1. The minimum absolute atomic E-state index is 0.697. The number of anilines is 1. The molecule has 0 bridgehead atoms. The monoisotopic (exact) mass is 315 g/mol. The first-order chi connectivity index (χ1) is 11.2. The second-order valence-corrected chi connectivity index (χ2v) is 5.96. The molecule has 1 aliphatic rings. The van der Waals surface area contributed by atoms with Crippen LogP contribution in [0.5, 0.6) is 0 Å². The van der Waals surface area contributed by atoms with Gasteiger partial charge in [0.2, 0.25) is 5.89 Å². The van der Waals surface area contributed by atoms with Crippen molar-refractivity contribution in [2.45, 2.75) is 20.4 Å². The standard InChI is InChI=1S/C18H25N3O2/c1-15-16(2)23-18(19-15)14-21(17-6-4-3-5-7-17)9-8-20-10-12-22-13-11-20/h3-7H,8-14H2,1-2H3. The number of morpholine rings is 1. The summed E-state index contributed by atoms with van der Waals surface area (Å²) in [6, 6.07) is 10.5. The van der Waals surface area contributed by atoms with Crippen LogP contribution in [0.3, 0.4) is 0 Å². The van der Waals surface area contributed by atoms with Gasteiger partial charge < -0.3 is 14.1 Å². The van der Waals surface area contributed by atoms with Crippen LogP contribution in [0, 0.1) is 13.8 Å². The number of ether oxygens (including phenoxy) is 1. The van der Waals surface area contributed by atoms with Crippen molar-refractivity contribution in [2.24, 2.45) is 0 Å². The maximum absolute atomic E-state index is 5.77. The summed E-state index contributed by atoms with van der Waals surface area (Å²) in [5.41, 5.74) is 2.18. The molecule has 1 saturated heterocycles. The molecule has 0 saturated carbocycles. The molecule has 2 aromatic rings. The van der Waals surface area contributed by atoms with E-state index in [9.17, 15) is 0 Å². The summed E-state index contributed by atoms with van der Waals surface area (Å²) in [4.78, 5) is 9.31. The van der Waals surface area contributed by atoms with Gasteiger partial charge in [0.15, 0.2) is 0 Å². The molecule has 1 aromatic heterocycles. The molecule has 0 spiro atoms. The van der Waals surface area contributed by atoms with Crippen molar-refractivity contribution in [3.63, 3.8) is 0 Å². The van der Waals surface area contributed by atoms with Crippen molar-refractivity contribution in [3.05, 3.63) is 47.7 Å². The molecule has 0 atom stereocenters. The summed E-state index contributed by atoms with van der Waals surface area (Å²) in [5, 5.41) is 0. The highest BCUT2D eigenvalue weighted by Crippen LogP contribution is 2.18. The molecular formula is C18H25N3O2. The fourth-order valence-electron chi connectivity index (χ4n) is 2.80. The lowest BCUT2D eigenvalue weighted by Gasteiger charge is -2.30. The van der Waals surface area contributed by atoms with Crippen molar-refractivity contribution in [3.8, 4) is 0 Å². The molecule has 5 heteroatoms. The Morgan fingerprint density at radius 3 is 2.52 bits per heavy atom. The van der Waals surface area contributed by atoms with Crippen molar-refractivity contribution in [1.82, 2.24) is 9.88 Å². The van der Waals surface area contributed by atoms with Gasteiger partial charge in [0.1, 0.15) is 5.76 Å². The Morgan fingerprint density at radius 2 is 1.87 bits per heavy atom. The second kappa shape index (κ2) is 7.62. The van der Waals surface area contributed by atoms with Crippen LogP contribution in [0.25, 0.3) is 0 Å². The van der Waals surface area contributed by atoms with Gasteiger partial charge in [0, 0.05) is 31.9 Å². The highest BCUT2D eigenvalue weighted by Gasteiger charge is 2.15. The van der Waals surface area contributed by atoms with Crippen LogP contribution in [0.15, 0.2) is 34.7 Å². The number of para-hydroxylation sites is 1.